The number of Topliss-reactive ketones (excluding diaryl/α,β-unsaturated/α-hetero) is 1. The minimum atomic E-state index is -2.23. The Bertz CT molecular complexity index is 3790. The van der Waals surface area contributed by atoms with E-state index >= 15 is 0 Å². The standard InChI is InChI=1S/C73H96IN5O26S3/c1-15-79(41(7)80)45-35-98-52(32-49(45)92-10)103-65-60(87)57(78-105-53-31-46(81)67(40(6)99-53)107-68(89)54-36(2)56(74)63(66(95-13)62(54)93-11)104-69-61(88)64(94-12)59(86)39(5)101-69)38(4)100-70(65)102-48-21-18-16-17-19-28-73(91)33-47(82)58(75-71(90)96-14)55(48)44(73)27-30-106-108-72(8,9)34-50(83)77-76-37(3)42-23-25-43(26-24-42)97-29-20-22-51(84)85/h16-17,23-27,38-40,45-46,48-49,52-53,57,59-61,64-65,67,69-70,78,81,86-88,91H,15,20,22,29-35H2,1-14H3,(H,75,90)(H,77,83)(H,84,85)/b17-16+,44-27-,76-37+/t38-,39+,40-,45+,46+,48+,49+,52+,53+,57-,59+,60-,61-,64-,65-,67-,69+,70+,73+/m1/s1. The molecule has 4 aliphatic heterocycles. The van der Waals surface area contributed by atoms with E-state index in [1.54, 1.807) is 69.9 Å². The molecule has 108 heavy (non-hydrogen) atoms. The normalized spacial score (nSPS) is 30.7. The van der Waals surface area contributed by atoms with Gasteiger partial charge in [0.15, 0.2) is 41.8 Å². The molecule has 0 aromatic heterocycles. The number of carboxylic acids is 1. The predicted octanol–water partition coefficient (Wildman–Crippen LogP) is 5.13. The Morgan fingerprint density at radius 3 is 2.21 bits per heavy atom. The fraction of sp³-hybridized carbons (Fsp3) is 0.603. The summed E-state index contributed by atoms with van der Waals surface area (Å²) < 4.78 is 78.1. The van der Waals surface area contributed by atoms with Gasteiger partial charge < -0.3 is 97.1 Å². The number of likely N-dealkylation sites (N-methyl/N-ethyl adjacent to an activating group) is 1. The van der Waals surface area contributed by atoms with E-state index in [1.807, 2.05) is 43.4 Å². The first kappa shape index (κ1) is 87.4. The molecule has 2 aliphatic carbocycles. The lowest BCUT2D eigenvalue weighted by molar-refractivity contribution is -0.337. The number of amides is 3. The van der Waals surface area contributed by atoms with Crippen LogP contribution in [-0.2, 0) is 66.6 Å². The number of aliphatic carboxylic acids is 1. The molecule has 4 heterocycles. The SMILES string of the molecule is CCN(C(C)=O)[C@H]1CO[C@@H](O[C@H]2[C@H](O[C@H]3C#C/C=C/C#C[C@]4(O)CC(=O)C(NC(=O)OC)=C3/C4=C/CSSC(C)(C)CC(=O)N/N=C(\C)c3ccc(OCCCC(=O)O)cc3)O[C@H](C)[C@@H](NO[C@H]3C[C@H](O)[C@H](SC(=O)c4c(C)c(I)c(O[C@@H]5O[C@@H](C)[C@H](O)[C@@H](OC)[C@H]5O)c(OC)c4OC)[C@@H](C)O3)[C@H]2O)C[C@@H]1OC. The Morgan fingerprint density at radius 1 is 0.861 bits per heavy atom. The molecule has 4 saturated heterocycles. The van der Waals surface area contributed by atoms with Crippen molar-refractivity contribution < 1.29 is 126 Å². The Morgan fingerprint density at radius 2 is 1.56 bits per heavy atom. The summed E-state index contributed by atoms with van der Waals surface area (Å²) in [4.78, 5) is 87.3. The van der Waals surface area contributed by atoms with Gasteiger partial charge >= 0.3 is 12.1 Å². The summed E-state index contributed by atoms with van der Waals surface area (Å²) in [6.45, 7) is 15.7. The molecule has 0 radical (unpaired) electrons. The van der Waals surface area contributed by atoms with Crippen LogP contribution < -0.4 is 35.2 Å². The maximum Gasteiger partial charge on any atom is 0.411 e. The average Bonchev–Trinajstić information content (AvgIpc) is 0.755. The first-order valence-electron chi connectivity index (χ1n) is 34.8. The summed E-state index contributed by atoms with van der Waals surface area (Å²) in [5.74, 6) is 9.92. The van der Waals surface area contributed by atoms with Crippen molar-refractivity contribution in [2.24, 2.45) is 5.10 Å². The number of carbonyl (C=O) groups is 6. The first-order chi connectivity index (χ1) is 51.3. The number of nitrogens with zero attached hydrogens (tertiary/aromatic N) is 2. The molecule has 0 saturated carbocycles. The number of rotatable bonds is 31. The van der Waals surface area contributed by atoms with Crippen LogP contribution in [0.1, 0.15) is 115 Å². The smallest absolute Gasteiger partial charge is 0.411 e. The minimum absolute atomic E-state index is 0.00478. The summed E-state index contributed by atoms with van der Waals surface area (Å²) in [6, 6.07) is 5.24. The molecule has 0 unspecified atom stereocenters. The van der Waals surface area contributed by atoms with Gasteiger partial charge in [-0.15, -0.1) is 0 Å². The summed E-state index contributed by atoms with van der Waals surface area (Å²) in [5.41, 5.74) is 4.52. The van der Waals surface area contributed by atoms with Crippen LogP contribution in [0.5, 0.6) is 23.0 Å². The Labute approximate surface area is 652 Å². The quantitative estimate of drug-likeness (QED) is 0.0118. The van der Waals surface area contributed by atoms with Gasteiger partial charge in [0.25, 0.3) is 0 Å². The van der Waals surface area contributed by atoms with E-state index in [1.165, 1.54) is 69.1 Å². The van der Waals surface area contributed by atoms with E-state index in [9.17, 15) is 54.3 Å². The van der Waals surface area contributed by atoms with Gasteiger partial charge in [0.2, 0.25) is 29.0 Å². The molecule has 8 rings (SSSR count). The van der Waals surface area contributed by atoms with Gasteiger partial charge in [-0.25, -0.2) is 10.2 Å². The van der Waals surface area contributed by atoms with Gasteiger partial charge in [-0.3, -0.25) is 34.1 Å². The maximum atomic E-state index is 14.6. The third-order valence-electron chi connectivity index (χ3n) is 18.6. The summed E-state index contributed by atoms with van der Waals surface area (Å²) in [6.07, 6.45) is -15.6. The molecular formula is C73H96IN5O26S3. The highest BCUT2D eigenvalue weighted by molar-refractivity contribution is 14.1. The number of hydroxylamine groups is 1. The number of carboxylic acid groups (broad SMARTS) is 1. The van der Waals surface area contributed by atoms with Crippen LogP contribution >= 0.6 is 55.9 Å². The summed E-state index contributed by atoms with van der Waals surface area (Å²) >= 11 is 2.78. The molecule has 2 bridgehead atoms. The number of hydrogen-bond acceptors (Lipinski definition) is 30. The van der Waals surface area contributed by atoms with Gasteiger partial charge in [0.1, 0.15) is 42.4 Å². The number of carbonyl (C=O) groups excluding carboxylic acids is 5. The van der Waals surface area contributed by atoms with Crippen LogP contribution in [-0.4, -0.2) is 257 Å². The zero-order chi connectivity index (χ0) is 79.1. The van der Waals surface area contributed by atoms with Gasteiger partial charge in [0.05, 0.1) is 109 Å². The highest BCUT2D eigenvalue weighted by Crippen LogP contribution is 2.49. The number of ketones is 1. The van der Waals surface area contributed by atoms with Crippen LogP contribution in [0.15, 0.2) is 64.4 Å². The molecule has 3 amide bonds. The van der Waals surface area contributed by atoms with Gasteiger partial charge in [0, 0.05) is 75.0 Å². The molecule has 31 nitrogen and oxygen atoms in total. The number of hydrazone groups is 1. The number of ether oxygens (including phenoxy) is 13. The number of aliphatic hydroxyl groups excluding tert-OH is 4. The third kappa shape index (κ3) is 21.7. The maximum absolute atomic E-state index is 14.6. The summed E-state index contributed by atoms with van der Waals surface area (Å²) in [5, 5.41) is 73.4. The van der Waals surface area contributed by atoms with E-state index in [2.05, 4.69) is 45.0 Å². The molecule has 19 atom stereocenters. The van der Waals surface area contributed by atoms with Crippen LogP contribution in [0, 0.1) is 34.2 Å². The van der Waals surface area contributed by atoms with Crippen LogP contribution in [0.4, 0.5) is 4.79 Å². The van der Waals surface area contributed by atoms with E-state index in [0.717, 1.165) is 18.9 Å². The fourth-order valence-corrected chi connectivity index (χ4v) is 17.1. The molecule has 6 aliphatic rings. The largest absolute Gasteiger partial charge is 0.494 e. The van der Waals surface area contributed by atoms with E-state index in [0.29, 0.717) is 39.1 Å². The van der Waals surface area contributed by atoms with Crippen molar-refractivity contribution in [2.45, 2.75) is 221 Å². The number of benzene rings is 2. The molecule has 0 spiro atoms. The van der Waals surface area contributed by atoms with Crippen molar-refractivity contribution in [1.82, 2.24) is 21.1 Å². The Hall–Kier alpha value is -6.15. The van der Waals surface area contributed by atoms with Crippen LogP contribution in [0.3, 0.4) is 0 Å². The highest BCUT2D eigenvalue weighted by Gasteiger charge is 2.53. The topological polar surface area (TPSA) is 405 Å². The second-order valence-electron chi connectivity index (χ2n) is 26.7. The van der Waals surface area contributed by atoms with Crippen molar-refractivity contribution in [3.05, 3.63) is 79.6 Å². The average molecular weight is 1680 g/mol. The van der Waals surface area contributed by atoms with Gasteiger partial charge in [-0.05, 0) is 132 Å². The molecular weight excluding hydrogens is 1590 g/mol. The molecule has 2 aromatic carbocycles. The van der Waals surface area contributed by atoms with E-state index in [-0.39, 0.29) is 96.1 Å². The molecule has 2 aromatic rings. The van der Waals surface area contributed by atoms with Crippen LogP contribution in [0.25, 0.3) is 0 Å². The second-order valence-corrected chi connectivity index (χ2v) is 31.9. The molecule has 35 heteroatoms. The Kier molecular flexibility index (Phi) is 32.3. The predicted molar refractivity (Wildman–Crippen MR) is 403 cm³/mol. The number of hydrogen-bond donors (Lipinski definition) is 9. The lowest BCUT2D eigenvalue weighted by Crippen LogP contribution is -2.65. The first-order valence-corrected chi connectivity index (χ1v) is 39.1. The number of fused-ring (bicyclic) bond motifs is 2. The zero-order valence-corrected chi connectivity index (χ0v) is 67.0. The van der Waals surface area contributed by atoms with Crippen molar-refractivity contribution in [3.8, 4) is 46.7 Å². The Balaban J connectivity index is 1.02. The monoisotopic (exact) mass is 1680 g/mol. The van der Waals surface area contributed by atoms with Crippen LogP contribution in [0.2, 0.25) is 0 Å². The fourth-order valence-electron chi connectivity index (χ4n) is 13.0. The number of halogens is 1. The zero-order valence-electron chi connectivity index (χ0n) is 62.4. The van der Waals surface area contributed by atoms with E-state index in [4.69, 9.17) is 71.5 Å². The minimum Gasteiger partial charge on any atom is -0.494 e. The van der Waals surface area contributed by atoms with Crippen molar-refractivity contribution in [3.63, 3.8) is 0 Å². The lowest BCUT2D eigenvalue weighted by atomic mass is 9.75. The number of nitrogens with one attached hydrogen (secondary N) is 3. The van der Waals surface area contributed by atoms with Crippen molar-refractivity contribution >= 4 is 96.4 Å². The van der Waals surface area contributed by atoms with Gasteiger partial charge in [-0.2, -0.15) is 10.6 Å². The number of allylic oxidation sites excluding steroid dienone is 3. The highest BCUT2D eigenvalue weighted by atomic mass is 127. The molecule has 594 valence electrons. The number of thioether (sulfide) groups is 1. The van der Waals surface area contributed by atoms with Crippen molar-refractivity contribution in [2.75, 3.05) is 61.1 Å². The van der Waals surface area contributed by atoms with E-state index < -0.39 is 149 Å². The molecule has 9 N–H and O–H groups in total. The number of methoxy groups -OCH3 is 5. The number of aliphatic hydroxyl groups is 5. The molecule has 4 fully saturated rings. The number of alkyl carbamates (subject to hydrolysis) is 1. The van der Waals surface area contributed by atoms with Gasteiger partial charge in [-0.1, -0.05) is 63.1 Å². The lowest BCUT2D eigenvalue weighted by Gasteiger charge is -2.47. The summed E-state index contributed by atoms with van der Waals surface area (Å²) in [7, 11) is 9.26. The third-order valence-corrected chi connectivity index (χ3v) is 24.4. The van der Waals surface area contributed by atoms with Crippen molar-refractivity contribution in [1.29, 1.82) is 0 Å². The second kappa shape index (κ2) is 39.8.